The number of aliphatic hydroxyl groups is 1. The molecule has 6 heteroatoms. The molecule has 148 valence electrons. The van der Waals surface area contributed by atoms with Gasteiger partial charge in [0.15, 0.2) is 5.96 Å². The molecule has 1 atom stereocenters. The fraction of sp³-hybridized carbons (Fsp3) is 0.476. The van der Waals surface area contributed by atoms with E-state index in [1.54, 1.807) is 13.2 Å². The molecule has 0 aliphatic rings. The zero-order valence-corrected chi connectivity index (χ0v) is 16.6. The maximum Gasteiger partial charge on any atom is 0.191 e. The highest BCUT2D eigenvalue weighted by atomic mass is 16.3. The molecule has 3 N–H and O–H groups in total. The topological polar surface area (TPSA) is 73.0 Å². The van der Waals surface area contributed by atoms with Crippen LogP contribution >= 0.6 is 0 Å². The summed E-state index contributed by atoms with van der Waals surface area (Å²) in [6.07, 6.45) is 3.37. The lowest BCUT2D eigenvalue weighted by Gasteiger charge is -2.25. The Hall–Kier alpha value is -2.31. The fourth-order valence-electron chi connectivity index (χ4n) is 2.88. The minimum atomic E-state index is -0.876. The monoisotopic (exact) mass is 372 g/mol. The number of likely N-dealkylation sites (N-methyl/N-ethyl adjacent to an activating group) is 1. The van der Waals surface area contributed by atoms with Gasteiger partial charge in [0.1, 0.15) is 5.76 Å². The van der Waals surface area contributed by atoms with Crippen LogP contribution in [0, 0.1) is 0 Å². The van der Waals surface area contributed by atoms with E-state index in [0.717, 1.165) is 25.1 Å². The van der Waals surface area contributed by atoms with Gasteiger partial charge in [-0.1, -0.05) is 30.3 Å². The Bertz CT molecular complexity index is 667. The Kier molecular flexibility index (Phi) is 8.36. The Morgan fingerprint density at radius 3 is 2.41 bits per heavy atom. The predicted octanol–water partition coefficient (Wildman–Crippen LogP) is 1.91. The van der Waals surface area contributed by atoms with E-state index in [4.69, 9.17) is 4.42 Å². The molecule has 0 saturated carbocycles. The quantitative estimate of drug-likeness (QED) is 0.439. The Balaban J connectivity index is 1.88. The molecule has 1 unspecified atom stereocenters. The number of hydrogen-bond acceptors (Lipinski definition) is 4. The molecule has 0 aliphatic heterocycles. The fourth-order valence-corrected chi connectivity index (χ4v) is 2.88. The average Bonchev–Trinajstić information content (AvgIpc) is 3.12. The summed E-state index contributed by atoms with van der Waals surface area (Å²) in [7, 11) is 3.89. The van der Waals surface area contributed by atoms with Crippen molar-refractivity contribution < 1.29 is 9.52 Å². The van der Waals surface area contributed by atoms with Gasteiger partial charge in [-0.3, -0.25) is 4.99 Å². The molecular formula is C21H32N4O2. The van der Waals surface area contributed by atoms with Crippen LogP contribution < -0.4 is 10.6 Å². The summed E-state index contributed by atoms with van der Waals surface area (Å²) in [5, 5.41) is 17.2. The van der Waals surface area contributed by atoms with E-state index in [9.17, 15) is 5.11 Å². The van der Waals surface area contributed by atoms with Crippen molar-refractivity contribution in [3.05, 3.63) is 60.1 Å². The number of aliphatic imine (C=N–C) groups is 1. The molecule has 0 fully saturated rings. The van der Waals surface area contributed by atoms with Gasteiger partial charge in [-0.05, 0) is 45.1 Å². The summed E-state index contributed by atoms with van der Waals surface area (Å²) < 4.78 is 5.37. The van der Waals surface area contributed by atoms with Crippen LogP contribution in [-0.2, 0) is 12.8 Å². The minimum Gasteiger partial charge on any atom is -0.469 e. The number of nitrogens with one attached hydrogen (secondary N) is 2. The number of rotatable bonds is 10. The van der Waals surface area contributed by atoms with Gasteiger partial charge in [0.25, 0.3) is 0 Å². The van der Waals surface area contributed by atoms with Crippen LogP contribution in [0.15, 0.2) is 58.1 Å². The minimum absolute atomic E-state index is 0.326. The molecule has 0 saturated heterocycles. The highest BCUT2D eigenvalue weighted by Gasteiger charge is 2.21. The molecule has 1 heterocycles. The average molecular weight is 373 g/mol. The molecule has 0 spiro atoms. The maximum atomic E-state index is 10.5. The largest absolute Gasteiger partial charge is 0.469 e. The molecule has 1 aromatic carbocycles. The summed E-state index contributed by atoms with van der Waals surface area (Å²) in [4.78, 5) is 6.55. The Morgan fingerprint density at radius 2 is 1.78 bits per heavy atom. The van der Waals surface area contributed by atoms with E-state index in [1.807, 2.05) is 49.3 Å². The smallest absolute Gasteiger partial charge is 0.191 e. The SMILES string of the molecule is CN(C)CC(C)(O)CN=C(NCCc1ccccc1)NCCc1ccco1. The molecule has 2 rings (SSSR count). The first-order valence-electron chi connectivity index (χ1n) is 9.40. The second-order valence-electron chi connectivity index (χ2n) is 7.32. The summed E-state index contributed by atoms with van der Waals surface area (Å²) in [5.74, 6) is 1.64. The number of guanidine groups is 1. The van der Waals surface area contributed by atoms with E-state index < -0.39 is 5.60 Å². The van der Waals surface area contributed by atoms with Crippen LogP contribution in [0.4, 0.5) is 0 Å². The van der Waals surface area contributed by atoms with E-state index in [1.165, 1.54) is 5.56 Å². The molecule has 0 radical (unpaired) electrons. The highest BCUT2D eigenvalue weighted by molar-refractivity contribution is 5.79. The molecule has 1 aromatic heterocycles. The van der Waals surface area contributed by atoms with Gasteiger partial charge >= 0.3 is 0 Å². The van der Waals surface area contributed by atoms with Crippen LogP contribution in [0.5, 0.6) is 0 Å². The summed E-state index contributed by atoms with van der Waals surface area (Å²) in [6.45, 7) is 4.17. The molecular weight excluding hydrogens is 340 g/mol. The van der Waals surface area contributed by atoms with Gasteiger partial charge in [-0.15, -0.1) is 0 Å². The Morgan fingerprint density at radius 1 is 1.07 bits per heavy atom. The Labute approximate surface area is 162 Å². The van der Waals surface area contributed by atoms with Crippen LogP contribution in [-0.4, -0.2) is 61.8 Å². The van der Waals surface area contributed by atoms with Gasteiger partial charge in [-0.2, -0.15) is 0 Å². The van der Waals surface area contributed by atoms with Crippen molar-refractivity contribution in [3.8, 4) is 0 Å². The second kappa shape index (κ2) is 10.7. The van der Waals surface area contributed by atoms with Gasteiger partial charge in [-0.25, -0.2) is 0 Å². The van der Waals surface area contributed by atoms with Gasteiger partial charge in [0.2, 0.25) is 0 Å². The number of furan rings is 1. The molecule has 0 amide bonds. The summed E-state index contributed by atoms with van der Waals surface area (Å²) in [5.41, 5.74) is 0.401. The normalized spacial score (nSPS) is 14.2. The predicted molar refractivity (Wildman–Crippen MR) is 110 cm³/mol. The lowest BCUT2D eigenvalue weighted by Crippen LogP contribution is -2.43. The molecule has 27 heavy (non-hydrogen) atoms. The summed E-state index contributed by atoms with van der Waals surface area (Å²) >= 11 is 0. The third-order valence-electron chi connectivity index (χ3n) is 4.03. The summed E-state index contributed by atoms with van der Waals surface area (Å²) in [6, 6.07) is 14.2. The first-order chi connectivity index (χ1) is 12.9. The third-order valence-corrected chi connectivity index (χ3v) is 4.03. The number of benzene rings is 1. The van der Waals surface area contributed by atoms with Crippen LogP contribution in [0.3, 0.4) is 0 Å². The molecule has 0 bridgehead atoms. The lowest BCUT2D eigenvalue weighted by molar-refractivity contribution is 0.0423. The van der Waals surface area contributed by atoms with Crippen LogP contribution in [0.25, 0.3) is 0 Å². The second-order valence-corrected chi connectivity index (χ2v) is 7.32. The van der Waals surface area contributed by atoms with Crippen molar-refractivity contribution in [2.24, 2.45) is 4.99 Å². The lowest BCUT2D eigenvalue weighted by atomic mass is 10.1. The van der Waals surface area contributed by atoms with Crippen LogP contribution in [0.2, 0.25) is 0 Å². The van der Waals surface area contributed by atoms with Crippen molar-refractivity contribution in [1.82, 2.24) is 15.5 Å². The maximum absolute atomic E-state index is 10.5. The van der Waals surface area contributed by atoms with E-state index >= 15 is 0 Å². The van der Waals surface area contributed by atoms with Crippen LogP contribution in [0.1, 0.15) is 18.2 Å². The standard InChI is InChI=1S/C21H32N4O2/c1-21(26,17-25(2)3)16-24-20(23-14-12-19-10-7-15-27-19)22-13-11-18-8-5-4-6-9-18/h4-10,15,26H,11-14,16-17H2,1-3H3,(H2,22,23,24). The molecule has 2 aromatic rings. The first kappa shape index (κ1) is 21.0. The zero-order valence-electron chi connectivity index (χ0n) is 16.6. The van der Waals surface area contributed by atoms with E-state index in [0.29, 0.717) is 25.6 Å². The third kappa shape index (κ3) is 8.75. The molecule has 6 nitrogen and oxygen atoms in total. The van der Waals surface area contributed by atoms with Crippen molar-refractivity contribution in [2.75, 3.05) is 40.3 Å². The van der Waals surface area contributed by atoms with Crippen molar-refractivity contribution >= 4 is 5.96 Å². The number of nitrogens with zero attached hydrogens (tertiary/aromatic N) is 2. The zero-order chi connectivity index (χ0) is 19.5. The highest BCUT2D eigenvalue weighted by Crippen LogP contribution is 2.05. The molecule has 0 aliphatic carbocycles. The van der Waals surface area contributed by atoms with Crippen molar-refractivity contribution in [2.45, 2.75) is 25.4 Å². The first-order valence-corrected chi connectivity index (χ1v) is 9.40. The van der Waals surface area contributed by atoms with Gasteiger partial charge < -0.3 is 25.1 Å². The van der Waals surface area contributed by atoms with Gasteiger partial charge in [0, 0.05) is 26.1 Å². The van der Waals surface area contributed by atoms with E-state index in [2.05, 4.69) is 27.8 Å². The van der Waals surface area contributed by atoms with E-state index in [-0.39, 0.29) is 0 Å². The van der Waals surface area contributed by atoms with Crippen molar-refractivity contribution in [1.29, 1.82) is 0 Å². The van der Waals surface area contributed by atoms with Crippen molar-refractivity contribution in [3.63, 3.8) is 0 Å². The number of hydrogen-bond donors (Lipinski definition) is 3. The van der Waals surface area contributed by atoms with Gasteiger partial charge in [0.05, 0.1) is 18.4 Å².